The van der Waals surface area contributed by atoms with Gasteiger partial charge in [0.2, 0.25) is 0 Å². The number of sulfone groups is 1. The Hall–Kier alpha value is -0.520. The summed E-state index contributed by atoms with van der Waals surface area (Å²) in [6.45, 7) is 1.08. The van der Waals surface area contributed by atoms with Crippen molar-refractivity contribution in [1.29, 1.82) is 0 Å². The molecule has 1 atom stereocenters. The summed E-state index contributed by atoms with van der Waals surface area (Å²) in [5.74, 6) is 0. The zero-order chi connectivity index (χ0) is 13.9. The third-order valence-electron chi connectivity index (χ3n) is 3.52. The van der Waals surface area contributed by atoms with E-state index in [4.69, 9.17) is 0 Å². The molecule has 0 spiro atoms. The number of nitrogens with one attached hydrogen (secondary N) is 1. The molecule has 0 bridgehead atoms. The predicted octanol–water partition coefficient (Wildman–Crippen LogP) is 2.50. The van der Waals surface area contributed by atoms with Crippen molar-refractivity contribution in [2.75, 3.05) is 19.1 Å². The van der Waals surface area contributed by atoms with Crippen molar-refractivity contribution in [2.45, 2.75) is 41.5 Å². The summed E-state index contributed by atoms with van der Waals surface area (Å²) in [6, 6.07) is 6.31. The van der Waals surface area contributed by atoms with Gasteiger partial charge >= 0.3 is 0 Å². The van der Waals surface area contributed by atoms with Gasteiger partial charge in [0.05, 0.1) is 4.90 Å². The molecule has 0 saturated carbocycles. The number of thioether (sulfide) groups is 1. The molecular formula is C14H21NO2S2. The van der Waals surface area contributed by atoms with Crippen LogP contribution in [0.4, 0.5) is 0 Å². The van der Waals surface area contributed by atoms with Gasteiger partial charge in [0.1, 0.15) is 0 Å². The first-order valence-corrected chi connectivity index (χ1v) is 9.72. The molecule has 1 heterocycles. The van der Waals surface area contributed by atoms with Gasteiger partial charge < -0.3 is 5.32 Å². The van der Waals surface area contributed by atoms with Crippen molar-refractivity contribution in [3.05, 3.63) is 23.8 Å². The van der Waals surface area contributed by atoms with Crippen LogP contribution in [0.25, 0.3) is 0 Å². The van der Waals surface area contributed by atoms with E-state index >= 15 is 0 Å². The standard InChI is InChI=1S/C14H21NO2S2/c1-18-13-7-6-11(10-14(13)19(2,16)17)9-12-5-3-4-8-15-12/h6-7,10,12,15H,3-5,8-9H2,1-2H3. The number of hydrogen-bond donors (Lipinski definition) is 1. The molecule has 5 heteroatoms. The number of piperidine rings is 1. The van der Waals surface area contributed by atoms with E-state index in [1.54, 1.807) is 0 Å². The van der Waals surface area contributed by atoms with Gasteiger partial charge in [-0.05, 0) is 49.8 Å². The van der Waals surface area contributed by atoms with Crippen LogP contribution >= 0.6 is 11.8 Å². The molecule has 3 nitrogen and oxygen atoms in total. The van der Waals surface area contributed by atoms with E-state index in [1.165, 1.54) is 37.3 Å². The summed E-state index contributed by atoms with van der Waals surface area (Å²) in [5, 5.41) is 3.50. The Balaban J connectivity index is 2.22. The van der Waals surface area contributed by atoms with E-state index < -0.39 is 9.84 Å². The Morgan fingerprint density at radius 1 is 1.37 bits per heavy atom. The summed E-state index contributed by atoms with van der Waals surface area (Å²) in [4.78, 5) is 1.30. The molecule has 1 aliphatic rings. The Bertz CT molecular complexity index is 534. The van der Waals surface area contributed by atoms with Crippen molar-refractivity contribution >= 4 is 21.6 Å². The van der Waals surface area contributed by atoms with Gasteiger partial charge in [0.25, 0.3) is 0 Å². The Labute approximate surface area is 120 Å². The van der Waals surface area contributed by atoms with E-state index in [2.05, 4.69) is 11.4 Å². The second-order valence-electron chi connectivity index (χ2n) is 5.11. The maximum atomic E-state index is 11.8. The quantitative estimate of drug-likeness (QED) is 0.868. The van der Waals surface area contributed by atoms with Gasteiger partial charge in [-0.2, -0.15) is 0 Å². The molecule has 1 unspecified atom stereocenters. The first kappa shape index (κ1) is 14.9. The Morgan fingerprint density at radius 3 is 2.74 bits per heavy atom. The van der Waals surface area contributed by atoms with Crippen molar-refractivity contribution in [3.63, 3.8) is 0 Å². The summed E-state index contributed by atoms with van der Waals surface area (Å²) < 4.78 is 23.7. The van der Waals surface area contributed by atoms with Crippen LogP contribution in [0.15, 0.2) is 28.0 Å². The molecule has 1 aromatic rings. The average molecular weight is 299 g/mol. The molecule has 106 valence electrons. The Kier molecular flexibility index (Phi) is 4.92. The lowest BCUT2D eigenvalue weighted by atomic mass is 9.98. The summed E-state index contributed by atoms with van der Waals surface area (Å²) in [7, 11) is -3.15. The third-order valence-corrected chi connectivity index (χ3v) is 5.58. The topological polar surface area (TPSA) is 46.2 Å². The first-order chi connectivity index (χ1) is 9.00. The highest BCUT2D eigenvalue weighted by Crippen LogP contribution is 2.26. The zero-order valence-corrected chi connectivity index (χ0v) is 13.1. The maximum absolute atomic E-state index is 11.8. The molecule has 1 aromatic carbocycles. The fourth-order valence-corrected chi connectivity index (χ4v) is 4.49. The van der Waals surface area contributed by atoms with Crippen LogP contribution < -0.4 is 5.32 Å². The van der Waals surface area contributed by atoms with E-state index in [-0.39, 0.29) is 0 Å². The molecule has 1 saturated heterocycles. The molecule has 1 aliphatic heterocycles. The van der Waals surface area contributed by atoms with E-state index in [1.807, 2.05) is 18.4 Å². The van der Waals surface area contributed by atoms with Gasteiger partial charge in [-0.25, -0.2) is 8.42 Å². The SMILES string of the molecule is CSc1ccc(CC2CCCCN2)cc1S(C)(=O)=O. The maximum Gasteiger partial charge on any atom is 0.176 e. The van der Waals surface area contributed by atoms with Crippen LogP contribution in [0.2, 0.25) is 0 Å². The van der Waals surface area contributed by atoms with Gasteiger partial charge in [-0.1, -0.05) is 12.5 Å². The minimum Gasteiger partial charge on any atom is -0.314 e. The lowest BCUT2D eigenvalue weighted by Gasteiger charge is -2.23. The Morgan fingerprint density at radius 2 is 2.16 bits per heavy atom. The van der Waals surface area contributed by atoms with Crippen LogP contribution in [-0.4, -0.2) is 33.5 Å². The molecular weight excluding hydrogens is 278 g/mol. The van der Waals surface area contributed by atoms with E-state index in [9.17, 15) is 8.42 Å². The van der Waals surface area contributed by atoms with Crippen LogP contribution in [0.5, 0.6) is 0 Å². The number of hydrogen-bond acceptors (Lipinski definition) is 4. The number of benzene rings is 1. The lowest BCUT2D eigenvalue weighted by molar-refractivity contribution is 0.399. The minimum atomic E-state index is -3.15. The first-order valence-electron chi connectivity index (χ1n) is 6.61. The van der Waals surface area contributed by atoms with E-state index in [0.717, 1.165) is 23.4 Å². The molecule has 0 amide bonds. The largest absolute Gasteiger partial charge is 0.314 e. The van der Waals surface area contributed by atoms with Crippen molar-refractivity contribution < 1.29 is 8.42 Å². The molecule has 19 heavy (non-hydrogen) atoms. The normalized spacial score (nSPS) is 20.4. The number of rotatable bonds is 4. The van der Waals surface area contributed by atoms with Crippen LogP contribution in [0.3, 0.4) is 0 Å². The highest BCUT2D eigenvalue weighted by atomic mass is 32.2. The van der Waals surface area contributed by atoms with Crippen molar-refractivity contribution in [3.8, 4) is 0 Å². The van der Waals surface area contributed by atoms with Crippen LogP contribution in [-0.2, 0) is 16.3 Å². The van der Waals surface area contributed by atoms with Crippen molar-refractivity contribution in [1.82, 2.24) is 5.32 Å². The summed E-state index contributed by atoms with van der Waals surface area (Å²) in [6.07, 6.45) is 7.79. The molecule has 1 fully saturated rings. The van der Waals surface area contributed by atoms with E-state index in [0.29, 0.717) is 10.9 Å². The zero-order valence-electron chi connectivity index (χ0n) is 11.5. The second-order valence-corrected chi connectivity index (χ2v) is 7.94. The fourth-order valence-electron chi connectivity index (χ4n) is 2.52. The smallest absolute Gasteiger partial charge is 0.176 e. The van der Waals surface area contributed by atoms with Gasteiger partial charge in [-0.3, -0.25) is 0 Å². The lowest BCUT2D eigenvalue weighted by Crippen LogP contribution is -2.35. The van der Waals surface area contributed by atoms with Crippen LogP contribution in [0, 0.1) is 0 Å². The fraction of sp³-hybridized carbons (Fsp3) is 0.571. The highest BCUT2D eigenvalue weighted by molar-refractivity contribution is 7.99. The van der Waals surface area contributed by atoms with Gasteiger partial charge in [0, 0.05) is 17.2 Å². The van der Waals surface area contributed by atoms with Gasteiger partial charge in [-0.15, -0.1) is 11.8 Å². The van der Waals surface area contributed by atoms with Crippen molar-refractivity contribution in [2.24, 2.45) is 0 Å². The summed E-state index contributed by atoms with van der Waals surface area (Å²) in [5.41, 5.74) is 1.11. The molecule has 1 N–H and O–H groups in total. The second kappa shape index (κ2) is 6.29. The highest BCUT2D eigenvalue weighted by Gasteiger charge is 2.17. The van der Waals surface area contributed by atoms with Crippen LogP contribution in [0.1, 0.15) is 24.8 Å². The molecule has 0 radical (unpaired) electrons. The average Bonchev–Trinajstić information content (AvgIpc) is 2.39. The molecule has 2 rings (SSSR count). The summed E-state index contributed by atoms with van der Waals surface area (Å²) >= 11 is 1.48. The van der Waals surface area contributed by atoms with Gasteiger partial charge in [0.15, 0.2) is 9.84 Å². The predicted molar refractivity (Wildman–Crippen MR) is 80.7 cm³/mol. The molecule has 0 aromatic heterocycles. The third kappa shape index (κ3) is 3.97. The minimum absolute atomic E-state index is 0.466. The monoisotopic (exact) mass is 299 g/mol. The molecule has 0 aliphatic carbocycles.